The van der Waals surface area contributed by atoms with E-state index < -0.39 is 0 Å². The summed E-state index contributed by atoms with van der Waals surface area (Å²) in [6, 6.07) is -0.252. The highest BCUT2D eigenvalue weighted by atomic mass is 35.5. The van der Waals surface area contributed by atoms with Crippen molar-refractivity contribution in [1.82, 2.24) is 0 Å². The lowest BCUT2D eigenvalue weighted by atomic mass is 10.2. The topological polar surface area (TPSA) is 61.5 Å². The molecule has 0 saturated heterocycles. The summed E-state index contributed by atoms with van der Waals surface area (Å²) in [4.78, 5) is 10.5. The lowest BCUT2D eigenvalue weighted by molar-refractivity contribution is -0.141. The van der Waals surface area contributed by atoms with Crippen LogP contribution in [-0.4, -0.2) is 32.8 Å². The summed E-state index contributed by atoms with van der Waals surface area (Å²) in [7, 11) is 2.87. The van der Waals surface area contributed by atoms with Crippen molar-refractivity contribution >= 4 is 18.4 Å². The van der Waals surface area contributed by atoms with Crippen LogP contribution in [-0.2, 0) is 14.3 Å². The van der Waals surface area contributed by atoms with Crippen LogP contribution in [0.15, 0.2) is 0 Å². The zero-order chi connectivity index (χ0) is 7.98. The fourth-order valence-corrected chi connectivity index (χ4v) is 0.570. The van der Waals surface area contributed by atoms with Crippen molar-refractivity contribution in [3.05, 3.63) is 0 Å². The van der Waals surface area contributed by atoms with E-state index in [4.69, 9.17) is 10.5 Å². The van der Waals surface area contributed by atoms with Gasteiger partial charge in [-0.05, 0) is 0 Å². The van der Waals surface area contributed by atoms with Gasteiger partial charge < -0.3 is 15.2 Å². The highest BCUT2D eigenvalue weighted by Crippen LogP contribution is 1.90. The van der Waals surface area contributed by atoms with E-state index in [1.54, 1.807) is 0 Å². The van der Waals surface area contributed by atoms with E-state index >= 15 is 0 Å². The fourth-order valence-electron chi connectivity index (χ4n) is 0.570. The largest absolute Gasteiger partial charge is 0.469 e. The van der Waals surface area contributed by atoms with E-state index in [1.807, 2.05) is 0 Å². The highest BCUT2D eigenvalue weighted by molar-refractivity contribution is 5.85. The maximum Gasteiger partial charge on any atom is 0.307 e. The molecule has 11 heavy (non-hydrogen) atoms. The predicted molar refractivity (Wildman–Crippen MR) is 43.7 cm³/mol. The van der Waals surface area contributed by atoms with E-state index in [2.05, 4.69) is 4.74 Å². The smallest absolute Gasteiger partial charge is 0.307 e. The lowest BCUT2D eigenvalue weighted by Gasteiger charge is -2.07. The fraction of sp³-hybridized carbons (Fsp3) is 0.833. The Morgan fingerprint density at radius 1 is 1.55 bits per heavy atom. The van der Waals surface area contributed by atoms with Crippen LogP contribution < -0.4 is 5.73 Å². The molecule has 0 heterocycles. The second-order valence-electron chi connectivity index (χ2n) is 2.00. The summed E-state index contributed by atoms with van der Waals surface area (Å²) in [5, 5.41) is 0. The molecule has 0 aromatic heterocycles. The van der Waals surface area contributed by atoms with Crippen molar-refractivity contribution in [2.45, 2.75) is 12.5 Å². The van der Waals surface area contributed by atoms with Crippen LogP contribution in [0.3, 0.4) is 0 Å². The van der Waals surface area contributed by atoms with Crippen LogP contribution in [0.2, 0.25) is 0 Å². The maximum atomic E-state index is 10.5. The molecule has 0 aromatic rings. The average Bonchev–Trinajstić information content (AvgIpc) is 1.88. The van der Waals surface area contributed by atoms with E-state index in [9.17, 15) is 4.79 Å². The normalized spacial score (nSPS) is 11.5. The molecule has 0 amide bonds. The van der Waals surface area contributed by atoms with Gasteiger partial charge in [-0.25, -0.2) is 0 Å². The number of carbonyl (C=O) groups excluding carboxylic acids is 1. The molecule has 1 unspecified atom stereocenters. The number of ether oxygens (including phenoxy) is 2. The molecule has 0 aliphatic heterocycles. The summed E-state index contributed by atoms with van der Waals surface area (Å²) >= 11 is 0. The Morgan fingerprint density at radius 2 is 2.09 bits per heavy atom. The Hall–Kier alpha value is -0.320. The molecule has 1 atom stereocenters. The van der Waals surface area contributed by atoms with Gasteiger partial charge in [-0.15, -0.1) is 12.4 Å². The molecule has 2 N–H and O–H groups in total. The Labute approximate surface area is 72.4 Å². The number of methoxy groups -OCH3 is 2. The summed E-state index contributed by atoms with van der Waals surface area (Å²) in [6.45, 7) is 0.384. The van der Waals surface area contributed by atoms with Crippen molar-refractivity contribution in [2.75, 3.05) is 20.8 Å². The van der Waals surface area contributed by atoms with Crippen molar-refractivity contribution < 1.29 is 14.3 Å². The Balaban J connectivity index is 0. The molecular weight excluding hydrogens is 170 g/mol. The number of nitrogens with two attached hydrogens (primary N) is 1. The third-order valence-electron chi connectivity index (χ3n) is 1.04. The van der Waals surface area contributed by atoms with Gasteiger partial charge >= 0.3 is 5.97 Å². The van der Waals surface area contributed by atoms with Gasteiger partial charge in [0.05, 0.1) is 20.1 Å². The molecule has 0 aliphatic carbocycles. The van der Waals surface area contributed by atoms with Crippen molar-refractivity contribution in [3.8, 4) is 0 Å². The zero-order valence-electron chi connectivity index (χ0n) is 6.70. The van der Waals surface area contributed by atoms with Gasteiger partial charge in [-0.2, -0.15) is 0 Å². The number of hydrogen-bond donors (Lipinski definition) is 1. The Morgan fingerprint density at radius 3 is 2.45 bits per heavy atom. The number of rotatable bonds is 4. The second-order valence-corrected chi connectivity index (χ2v) is 2.00. The second kappa shape index (κ2) is 7.78. The van der Waals surface area contributed by atoms with E-state index in [-0.39, 0.29) is 30.8 Å². The zero-order valence-corrected chi connectivity index (χ0v) is 7.52. The molecule has 0 fully saturated rings. The first-order chi connectivity index (χ1) is 4.70. The quantitative estimate of drug-likeness (QED) is 0.621. The summed E-state index contributed by atoms with van der Waals surface area (Å²) in [5.74, 6) is -0.301. The number of hydrogen-bond acceptors (Lipinski definition) is 4. The number of halogens is 1. The van der Waals surface area contributed by atoms with Crippen LogP contribution in [0, 0.1) is 0 Å². The van der Waals surface area contributed by atoms with Crippen LogP contribution in [0.1, 0.15) is 6.42 Å². The van der Waals surface area contributed by atoms with Crippen molar-refractivity contribution in [1.29, 1.82) is 0 Å². The van der Waals surface area contributed by atoms with Crippen molar-refractivity contribution in [2.24, 2.45) is 5.73 Å². The van der Waals surface area contributed by atoms with Crippen LogP contribution >= 0.6 is 12.4 Å². The Kier molecular flexibility index (Phi) is 9.40. The monoisotopic (exact) mass is 183 g/mol. The van der Waals surface area contributed by atoms with Gasteiger partial charge in [-0.1, -0.05) is 0 Å². The van der Waals surface area contributed by atoms with Crippen LogP contribution in [0.4, 0.5) is 0 Å². The number of carbonyl (C=O) groups is 1. The number of esters is 1. The minimum atomic E-state index is -0.301. The van der Waals surface area contributed by atoms with Crippen LogP contribution in [0.25, 0.3) is 0 Å². The average molecular weight is 184 g/mol. The molecular formula is C6H14ClNO3. The first-order valence-corrected chi connectivity index (χ1v) is 3.02. The molecule has 68 valence electrons. The minimum Gasteiger partial charge on any atom is -0.469 e. The molecule has 0 aliphatic rings. The molecule has 0 bridgehead atoms. The summed E-state index contributed by atoms with van der Waals surface area (Å²) < 4.78 is 9.11. The molecule has 4 nitrogen and oxygen atoms in total. The van der Waals surface area contributed by atoms with Gasteiger partial charge in [0.15, 0.2) is 0 Å². The molecule has 0 saturated carbocycles. The molecule has 0 spiro atoms. The third-order valence-corrected chi connectivity index (χ3v) is 1.04. The van der Waals surface area contributed by atoms with Crippen LogP contribution in [0.5, 0.6) is 0 Å². The minimum absolute atomic E-state index is 0. The standard InChI is InChI=1S/C6H13NO3.ClH/c1-9-4-5(7)3-6(8)10-2;/h5H,3-4,7H2,1-2H3;1H. The van der Waals surface area contributed by atoms with Gasteiger partial charge in [0.1, 0.15) is 0 Å². The van der Waals surface area contributed by atoms with Gasteiger partial charge in [0, 0.05) is 13.2 Å². The van der Waals surface area contributed by atoms with Crippen molar-refractivity contribution in [3.63, 3.8) is 0 Å². The molecule has 0 rings (SSSR count). The third kappa shape index (κ3) is 7.58. The lowest BCUT2D eigenvalue weighted by Crippen LogP contribution is -2.28. The molecule has 0 radical (unpaired) electrons. The Bertz CT molecular complexity index is 110. The van der Waals surface area contributed by atoms with Gasteiger partial charge in [0.2, 0.25) is 0 Å². The first kappa shape index (κ1) is 13.3. The highest BCUT2D eigenvalue weighted by Gasteiger charge is 2.07. The van der Waals surface area contributed by atoms with Gasteiger partial charge in [-0.3, -0.25) is 4.79 Å². The van der Waals surface area contributed by atoms with E-state index in [1.165, 1.54) is 14.2 Å². The SMILES string of the molecule is COCC(N)CC(=O)OC.Cl. The summed E-state index contributed by atoms with van der Waals surface area (Å²) in [6.07, 6.45) is 0.213. The first-order valence-electron chi connectivity index (χ1n) is 3.02. The van der Waals surface area contributed by atoms with E-state index in [0.29, 0.717) is 6.61 Å². The van der Waals surface area contributed by atoms with E-state index in [0.717, 1.165) is 0 Å². The van der Waals surface area contributed by atoms with Gasteiger partial charge in [0.25, 0.3) is 0 Å². The molecule has 0 aromatic carbocycles. The maximum absolute atomic E-state index is 10.5. The predicted octanol–water partition coefficient (Wildman–Crippen LogP) is -0.0550. The summed E-state index contributed by atoms with van der Waals surface area (Å²) in [5.41, 5.74) is 5.43. The molecule has 5 heteroatoms.